The lowest BCUT2D eigenvalue weighted by Crippen LogP contribution is -2.69. The first kappa shape index (κ1) is 32.2. The summed E-state index contributed by atoms with van der Waals surface area (Å²) in [5, 5.41) is 0.928. The fraction of sp³-hybridized carbons (Fsp3) is 0.923. The van der Waals surface area contributed by atoms with Crippen LogP contribution in [0.4, 0.5) is 74.6 Å². The highest BCUT2D eigenvalue weighted by Gasteiger charge is 2.85. The first-order chi connectivity index (χ1) is 14.5. The Labute approximate surface area is 176 Å². The summed E-state index contributed by atoms with van der Waals surface area (Å²) >= 11 is 0. The molecule has 0 aromatic carbocycles. The van der Waals surface area contributed by atoms with Crippen LogP contribution in [-0.2, 0) is 14.3 Å². The molecule has 0 aliphatic heterocycles. The van der Waals surface area contributed by atoms with Gasteiger partial charge in [-0.15, -0.1) is 0 Å². The zero-order valence-corrected chi connectivity index (χ0v) is 15.9. The fourth-order valence-electron chi connectivity index (χ4n) is 1.58. The van der Waals surface area contributed by atoms with Crippen LogP contribution in [0, 0.1) is 0 Å². The summed E-state index contributed by atoms with van der Waals surface area (Å²) in [5.41, 5.74) is 0. The maximum Gasteiger partial charge on any atom is 0.462 e. The Morgan fingerprint density at radius 3 is 1.38 bits per heavy atom. The van der Waals surface area contributed by atoms with Crippen molar-refractivity contribution >= 4 is 5.91 Å². The number of hydrogen-bond acceptors (Lipinski definition) is 3. The summed E-state index contributed by atoms with van der Waals surface area (Å²) in [5.74, 6) is -26.0. The van der Waals surface area contributed by atoms with Gasteiger partial charge in [0.1, 0.15) is 0 Å². The zero-order valence-electron chi connectivity index (χ0n) is 15.9. The Balaban J connectivity index is 6.73. The lowest BCUT2D eigenvalue weighted by molar-refractivity contribution is -0.548. The van der Waals surface area contributed by atoms with E-state index in [9.17, 15) is 79.4 Å². The quantitative estimate of drug-likeness (QED) is 0.371. The van der Waals surface area contributed by atoms with Crippen molar-refractivity contribution in [3.63, 3.8) is 0 Å². The smallest absolute Gasteiger partial charge is 0.348 e. The molecule has 1 N–H and O–H groups in total. The predicted octanol–water partition coefficient (Wildman–Crippen LogP) is 5.77. The molecule has 0 radical (unpaired) electrons. The van der Waals surface area contributed by atoms with Crippen LogP contribution in [0.15, 0.2) is 0 Å². The Morgan fingerprint density at radius 1 is 0.676 bits per heavy atom. The van der Waals surface area contributed by atoms with E-state index in [4.69, 9.17) is 0 Å². The third-order valence-electron chi connectivity index (χ3n) is 3.64. The van der Waals surface area contributed by atoms with Crippen LogP contribution in [0.5, 0.6) is 0 Å². The normalized spacial score (nSPS) is 19.3. The van der Waals surface area contributed by atoms with Crippen LogP contribution in [0.2, 0.25) is 0 Å². The molecule has 21 heteroatoms. The average molecular weight is 551 g/mol. The molecule has 0 unspecified atom stereocenters. The minimum Gasteiger partial charge on any atom is -0.348 e. The van der Waals surface area contributed by atoms with Crippen LogP contribution in [0.3, 0.4) is 0 Å². The number of amides is 1. The molecule has 0 saturated carbocycles. The third kappa shape index (κ3) is 5.70. The molecule has 0 saturated heterocycles. The Hall–Kier alpha value is -1.80. The van der Waals surface area contributed by atoms with Crippen molar-refractivity contribution in [2.45, 2.75) is 74.7 Å². The first-order valence-corrected chi connectivity index (χ1v) is 7.96. The molecule has 0 aliphatic carbocycles. The van der Waals surface area contributed by atoms with Gasteiger partial charge in [-0.05, 0) is 13.3 Å². The molecule has 0 aromatic heterocycles. The molecule has 0 aromatic rings. The summed E-state index contributed by atoms with van der Waals surface area (Å²) in [4.78, 5) is 11.4. The summed E-state index contributed by atoms with van der Waals surface area (Å²) in [6.07, 6.45) is -38.8. The molecule has 0 heterocycles. The van der Waals surface area contributed by atoms with E-state index in [0.717, 1.165) is 19.2 Å². The number of rotatable bonds is 9. The molecule has 4 nitrogen and oxygen atoms in total. The number of hydrogen-bond donors (Lipinski definition) is 1. The van der Waals surface area contributed by atoms with Crippen molar-refractivity contribution in [3.8, 4) is 0 Å². The minimum atomic E-state index is -8.02. The van der Waals surface area contributed by atoms with E-state index in [2.05, 4.69) is 0 Å². The molecule has 0 spiro atoms. The second kappa shape index (κ2) is 9.01. The highest BCUT2D eigenvalue weighted by Crippen LogP contribution is 2.56. The lowest BCUT2D eigenvalue weighted by atomic mass is 10.2. The van der Waals surface area contributed by atoms with Gasteiger partial charge in [-0.3, -0.25) is 14.3 Å². The largest absolute Gasteiger partial charge is 0.462 e. The number of carbonyl (C=O) groups is 1. The van der Waals surface area contributed by atoms with Crippen molar-refractivity contribution in [2.24, 2.45) is 0 Å². The van der Waals surface area contributed by atoms with E-state index in [1.54, 1.807) is 0 Å². The van der Waals surface area contributed by atoms with Crippen molar-refractivity contribution < 1.29 is 88.9 Å². The van der Waals surface area contributed by atoms with Gasteiger partial charge in [-0.2, -0.15) is 74.6 Å². The van der Waals surface area contributed by atoms with Gasteiger partial charge in [0.25, 0.3) is 5.91 Å². The van der Waals surface area contributed by atoms with Crippen molar-refractivity contribution in [1.29, 1.82) is 0 Å². The number of nitrogens with one attached hydrogen (secondary N) is 1. The van der Waals surface area contributed by atoms with Crippen molar-refractivity contribution in [1.82, 2.24) is 5.32 Å². The monoisotopic (exact) mass is 551 g/mol. The van der Waals surface area contributed by atoms with Crippen molar-refractivity contribution in [3.05, 3.63) is 0 Å². The standard InChI is InChI=1S/C13H10F17NO3/c1-3-4(2)31-5(32)6(14,9(18,19)20)33-13(29,30)8(17,11(24,25)26)34-12(27,28)7(15,16)10(21,22)23/h4H,3H2,1-2H3,(H,31,32)/t4-,6-,8+/m0/s1. The van der Waals surface area contributed by atoms with Gasteiger partial charge in [0.15, 0.2) is 0 Å². The molecular formula is C13H10F17NO3. The van der Waals surface area contributed by atoms with E-state index < -0.39 is 66.7 Å². The van der Waals surface area contributed by atoms with Crippen LogP contribution in [-0.4, -0.2) is 60.3 Å². The van der Waals surface area contributed by atoms with Gasteiger partial charge in [0.2, 0.25) is 0 Å². The number of ether oxygens (including phenoxy) is 2. The molecule has 1 amide bonds. The summed E-state index contributed by atoms with van der Waals surface area (Å²) in [7, 11) is 0. The molecule has 34 heavy (non-hydrogen) atoms. The number of alkyl halides is 17. The molecular weight excluding hydrogens is 541 g/mol. The van der Waals surface area contributed by atoms with Crippen LogP contribution in [0.1, 0.15) is 20.3 Å². The zero-order chi connectivity index (χ0) is 28.0. The van der Waals surface area contributed by atoms with E-state index in [1.807, 2.05) is 4.74 Å². The van der Waals surface area contributed by atoms with Gasteiger partial charge >= 0.3 is 48.4 Å². The van der Waals surface area contributed by atoms with E-state index >= 15 is 0 Å². The van der Waals surface area contributed by atoms with Crippen LogP contribution >= 0.6 is 0 Å². The molecule has 0 aliphatic rings. The molecule has 204 valence electrons. The molecule has 0 rings (SSSR count). The first-order valence-electron chi connectivity index (χ1n) is 7.96. The highest BCUT2D eigenvalue weighted by atomic mass is 19.4. The number of halogens is 17. The lowest BCUT2D eigenvalue weighted by Gasteiger charge is -2.40. The predicted molar refractivity (Wildman–Crippen MR) is 70.7 cm³/mol. The number of carbonyl (C=O) groups excluding carboxylic acids is 1. The van der Waals surface area contributed by atoms with Gasteiger partial charge in [0.05, 0.1) is 0 Å². The Bertz CT molecular complexity index is 730. The van der Waals surface area contributed by atoms with E-state index in [1.165, 1.54) is 4.74 Å². The van der Waals surface area contributed by atoms with E-state index in [0.29, 0.717) is 0 Å². The second-order valence-electron chi connectivity index (χ2n) is 6.28. The second-order valence-corrected chi connectivity index (χ2v) is 6.28. The summed E-state index contributed by atoms with van der Waals surface area (Å²) in [6.45, 7) is 1.84. The molecule has 3 atom stereocenters. The molecule has 0 bridgehead atoms. The molecule has 0 fully saturated rings. The Morgan fingerprint density at radius 2 is 1.09 bits per heavy atom. The minimum absolute atomic E-state index is 0.395. The van der Waals surface area contributed by atoms with Gasteiger partial charge in [-0.25, -0.2) is 0 Å². The average Bonchev–Trinajstić information content (AvgIpc) is 2.57. The Kier molecular flexibility index (Phi) is 8.53. The van der Waals surface area contributed by atoms with Crippen LogP contribution < -0.4 is 5.32 Å². The topological polar surface area (TPSA) is 47.6 Å². The highest BCUT2D eigenvalue weighted by molar-refractivity contribution is 5.84. The maximum atomic E-state index is 14.1. The van der Waals surface area contributed by atoms with E-state index in [-0.39, 0.29) is 0 Å². The van der Waals surface area contributed by atoms with Gasteiger partial charge in [0, 0.05) is 6.04 Å². The fourth-order valence-corrected chi connectivity index (χ4v) is 1.58. The summed E-state index contributed by atoms with van der Waals surface area (Å²) in [6, 6.07) is -1.56. The SMILES string of the molecule is CC[C@H](C)NC(=O)[C@](F)(OC(F)(F)[C@](F)(OC(F)(F)C(F)(F)C(F)(F)F)C(F)(F)F)C(F)(F)F. The van der Waals surface area contributed by atoms with Crippen molar-refractivity contribution in [2.75, 3.05) is 0 Å². The summed E-state index contributed by atoms with van der Waals surface area (Å²) < 4.78 is 223. The van der Waals surface area contributed by atoms with Gasteiger partial charge < -0.3 is 5.32 Å². The van der Waals surface area contributed by atoms with Crippen LogP contribution in [0.25, 0.3) is 0 Å². The van der Waals surface area contributed by atoms with Gasteiger partial charge in [-0.1, -0.05) is 6.92 Å². The third-order valence-corrected chi connectivity index (χ3v) is 3.64. The maximum absolute atomic E-state index is 14.1.